The lowest BCUT2D eigenvalue weighted by molar-refractivity contribution is -0.143. The molecule has 1 amide bonds. The quantitative estimate of drug-likeness (QED) is 0.805. The average molecular weight is 379 g/mol. The number of hydrogen-bond acceptors (Lipinski definition) is 3. The van der Waals surface area contributed by atoms with Crippen molar-refractivity contribution in [1.29, 1.82) is 0 Å². The van der Waals surface area contributed by atoms with Gasteiger partial charge < -0.3 is 4.90 Å². The van der Waals surface area contributed by atoms with Crippen molar-refractivity contribution in [3.8, 4) is 0 Å². The summed E-state index contributed by atoms with van der Waals surface area (Å²) in [5.74, 6) is -1.41. The number of amides is 1. The zero-order valence-electron chi connectivity index (χ0n) is 16.8. The van der Waals surface area contributed by atoms with Crippen LogP contribution in [0.4, 0.5) is 8.78 Å². The Kier molecular flexibility index (Phi) is 5.87. The molecular weight excluding hydrogens is 348 g/mol. The fourth-order valence-corrected chi connectivity index (χ4v) is 4.04. The van der Waals surface area contributed by atoms with Crippen LogP contribution in [0, 0.1) is 17.6 Å². The normalized spacial score (nSPS) is 21.2. The van der Waals surface area contributed by atoms with Gasteiger partial charge in [-0.25, -0.2) is 8.78 Å². The zero-order chi connectivity index (χ0) is 19.8. The summed E-state index contributed by atoms with van der Waals surface area (Å²) in [6.45, 7) is 14.3. The van der Waals surface area contributed by atoms with Gasteiger partial charge in [-0.1, -0.05) is 13.0 Å². The number of carbonyl (C=O) groups is 1. The van der Waals surface area contributed by atoms with Crippen LogP contribution in [0.2, 0.25) is 0 Å². The van der Waals surface area contributed by atoms with E-state index in [1.54, 1.807) is 0 Å². The van der Waals surface area contributed by atoms with E-state index >= 15 is 0 Å². The molecule has 0 bridgehead atoms. The van der Waals surface area contributed by atoms with Gasteiger partial charge in [0, 0.05) is 62.8 Å². The predicted octanol–water partition coefficient (Wildman–Crippen LogP) is 2.77. The van der Waals surface area contributed by atoms with Gasteiger partial charge in [0.05, 0.1) is 0 Å². The maximum absolute atomic E-state index is 13.8. The van der Waals surface area contributed by atoms with E-state index in [2.05, 4.69) is 30.6 Å². The number of benzene rings is 1. The molecule has 1 atom stereocenters. The molecular formula is C21H31F2N3O. The molecule has 0 radical (unpaired) electrons. The molecule has 6 heteroatoms. The smallest absolute Gasteiger partial charge is 0.225 e. The van der Waals surface area contributed by atoms with Crippen molar-refractivity contribution in [1.82, 2.24) is 14.7 Å². The second-order valence-electron chi connectivity index (χ2n) is 8.93. The van der Waals surface area contributed by atoms with Crippen LogP contribution >= 0.6 is 0 Å². The Morgan fingerprint density at radius 3 is 2.33 bits per heavy atom. The first-order valence-electron chi connectivity index (χ1n) is 9.87. The fourth-order valence-electron chi connectivity index (χ4n) is 4.04. The van der Waals surface area contributed by atoms with E-state index in [0.29, 0.717) is 18.0 Å². The summed E-state index contributed by atoms with van der Waals surface area (Å²) in [6.07, 6.45) is 0.302. The largest absolute Gasteiger partial charge is 0.339 e. The van der Waals surface area contributed by atoms with Gasteiger partial charge in [0.2, 0.25) is 5.91 Å². The van der Waals surface area contributed by atoms with Crippen molar-refractivity contribution in [3.05, 3.63) is 35.4 Å². The van der Waals surface area contributed by atoms with Gasteiger partial charge >= 0.3 is 0 Å². The number of likely N-dealkylation sites (tertiary alicyclic amines) is 1. The lowest BCUT2D eigenvalue weighted by Gasteiger charge is -2.50. The van der Waals surface area contributed by atoms with Crippen LogP contribution in [0.15, 0.2) is 18.2 Å². The minimum Gasteiger partial charge on any atom is -0.339 e. The second-order valence-corrected chi connectivity index (χ2v) is 8.93. The SMILES string of the molecule is CC(Cc1ccc(F)cc1F)C(=O)N1CC(N2CCN(C(C)(C)C)CC2)C1. The van der Waals surface area contributed by atoms with Crippen LogP contribution in [-0.2, 0) is 11.2 Å². The Morgan fingerprint density at radius 1 is 1.15 bits per heavy atom. The number of halogens is 2. The maximum atomic E-state index is 13.8. The van der Waals surface area contributed by atoms with Crippen LogP contribution in [0.5, 0.6) is 0 Å². The highest BCUT2D eigenvalue weighted by Crippen LogP contribution is 2.23. The topological polar surface area (TPSA) is 26.8 Å². The summed E-state index contributed by atoms with van der Waals surface area (Å²) in [5.41, 5.74) is 0.603. The molecule has 4 nitrogen and oxygen atoms in total. The summed E-state index contributed by atoms with van der Waals surface area (Å²) in [5, 5.41) is 0. The first-order chi connectivity index (χ1) is 12.6. The molecule has 0 aliphatic carbocycles. The lowest BCUT2D eigenvalue weighted by atomic mass is 9.96. The third-order valence-corrected chi connectivity index (χ3v) is 5.92. The molecule has 0 saturated carbocycles. The summed E-state index contributed by atoms with van der Waals surface area (Å²) < 4.78 is 26.8. The second kappa shape index (κ2) is 7.84. The van der Waals surface area contributed by atoms with Crippen molar-refractivity contribution >= 4 is 5.91 Å². The molecule has 2 heterocycles. The minimum absolute atomic E-state index is 0.0586. The highest BCUT2D eigenvalue weighted by atomic mass is 19.1. The number of rotatable bonds is 4. The zero-order valence-corrected chi connectivity index (χ0v) is 16.8. The molecule has 1 unspecified atom stereocenters. The van der Waals surface area contributed by atoms with E-state index < -0.39 is 11.6 Å². The van der Waals surface area contributed by atoms with Gasteiger partial charge in [0.15, 0.2) is 0 Å². The van der Waals surface area contributed by atoms with Gasteiger partial charge in [0.1, 0.15) is 11.6 Å². The van der Waals surface area contributed by atoms with Gasteiger partial charge in [-0.3, -0.25) is 14.6 Å². The van der Waals surface area contributed by atoms with Gasteiger partial charge in [0.25, 0.3) is 0 Å². The molecule has 2 saturated heterocycles. The van der Waals surface area contributed by atoms with Crippen LogP contribution < -0.4 is 0 Å². The number of carbonyl (C=O) groups excluding carboxylic acids is 1. The third-order valence-electron chi connectivity index (χ3n) is 5.92. The fraction of sp³-hybridized carbons (Fsp3) is 0.667. The third kappa shape index (κ3) is 4.66. The molecule has 2 aliphatic heterocycles. The van der Waals surface area contributed by atoms with Crippen molar-refractivity contribution in [2.24, 2.45) is 5.92 Å². The highest BCUT2D eigenvalue weighted by molar-refractivity contribution is 5.79. The summed E-state index contributed by atoms with van der Waals surface area (Å²) in [6, 6.07) is 3.99. The van der Waals surface area contributed by atoms with Crippen molar-refractivity contribution in [2.45, 2.75) is 45.7 Å². The molecule has 0 N–H and O–H groups in total. The van der Waals surface area contributed by atoms with Gasteiger partial charge in [-0.15, -0.1) is 0 Å². The van der Waals surface area contributed by atoms with Crippen LogP contribution in [0.3, 0.4) is 0 Å². The predicted molar refractivity (Wildman–Crippen MR) is 102 cm³/mol. The molecule has 0 spiro atoms. The summed E-state index contributed by atoms with van der Waals surface area (Å²) >= 11 is 0. The molecule has 27 heavy (non-hydrogen) atoms. The minimum atomic E-state index is -0.590. The van der Waals surface area contributed by atoms with Gasteiger partial charge in [-0.2, -0.15) is 0 Å². The number of hydrogen-bond donors (Lipinski definition) is 0. The number of piperazine rings is 1. The van der Waals surface area contributed by atoms with Crippen molar-refractivity contribution in [2.75, 3.05) is 39.3 Å². The molecule has 1 aromatic rings. The summed E-state index contributed by atoms with van der Waals surface area (Å²) in [4.78, 5) is 19.5. The Balaban J connectivity index is 1.46. The van der Waals surface area contributed by atoms with Crippen LogP contribution in [0.1, 0.15) is 33.3 Å². The summed E-state index contributed by atoms with van der Waals surface area (Å²) in [7, 11) is 0. The Hall–Kier alpha value is -1.53. The van der Waals surface area contributed by atoms with E-state index in [-0.39, 0.29) is 17.4 Å². The van der Waals surface area contributed by atoms with Gasteiger partial charge in [-0.05, 0) is 38.8 Å². The number of nitrogens with zero attached hydrogens (tertiary/aromatic N) is 3. The molecule has 1 aromatic carbocycles. The first-order valence-corrected chi connectivity index (χ1v) is 9.87. The standard InChI is InChI=1S/C21H31F2N3O/c1-15(11-16-5-6-17(22)12-19(16)23)20(27)25-13-18(14-25)24-7-9-26(10-8-24)21(2,3)4/h5-6,12,15,18H,7-11,13-14H2,1-4H3. The van der Waals surface area contributed by atoms with Crippen LogP contribution in [0.25, 0.3) is 0 Å². The Bertz CT molecular complexity index is 674. The van der Waals surface area contributed by atoms with Crippen LogP contribution in [-0.4, -0.2) is 71.5 Å². The highest BCUT2D eigenvalue weighted by Gasteiger charge is 2.38. The monoisotopic (exact) mass is 379 g/mol. The van der Waals surface area contributed by atoms with E-state index in [4.69, 9.17) is 0 Å². The molecule has 150 valence electrons. The molecule has 2 aliphatic rings. The molecule has 3 rings (SSSR count). The Morgan fingerprint density at radius 2 is 1.78 bits per heavy atom. The van der Waals surface area contributed by atoms with E-state index in [1.165, 1.54) is 12.1 Å². The van der Waals surface area contributed by atoms with Crippen molar-refractivity contribution < 1.29 is 13.6 Å². The lowest BCUT2D eigenvalue weighted by Crippen LogP contribution is -2.65. The average Bonchev–Trinajstić information content (AvgIpc) is 2.55. The van der Waals surface area contributed by atoms with Crippen molar-refractivity contribution in [3.63, 3.8) is 0 Å². The molecule has 0 aromatic heterocycles. The Labute approximate surface area is 161 Å². The maximum Gasteiger partial charge on any atom is 0.225 e. The first kappa shape index (κ1) is 20.2. The van der Waals surface area contributed by atoms with E-state index in [9.17, 15) is 13.6 Å². The molecule has 2 fully saturated rings. The van der Waals surface area contributed by atoms with E-state index in [0.717, 1.165) is 45.3 Å². The van der Waals surface area contributed by atoms with E-state index in [1.807, 2.05) is 11.8 Å².